The third-order valence-electron chi connectivity index (χ3n) is 3.50. The van der Waals surface area contributed by atoms with Gasteiger partial charge >= 0.3 is 12.0 Å². The van der Waals surface area contributed by atoms with Crippen molar-refractivity contribution in [1.29, 1.82) is 0 Å². The first-order chi connectivity index (χ1) is 11.0. The molecule has 124 valence electrons. The van der Waals surface area contributed by atoms with Crippen molar-refractivity contribution in [2.24, 2.45) is 0 Å². The summed E-state index contributed by atoms with van der Waals surface area (Å²) < 4.78 is 15.6. The maximum absolute atomic E-state index is 12.1. The highest BCUT2D eigenvalue weighted by molar-refractivity contribution is 5.94. The first-order valence-electron chi connectivity index (χ1n) is 7.19. The standard InChI is InChI=1S/C16H20N2O5/c1-5-23-12-8-10(6-7-11(12)21-3)14-13(15(19)22-4)9(2)17-16(20)18-14/h6-8,14H,5H2,1-4H3,(H2,17,18,20)/t14-/m1/s1. The summed E-state index contributed by atoms with van der Waals surface area (Å²) in [6.07, 6.45) is 0. The van der Waals surface area contributed by atoms with Crippen LogP contribution in [0.4, 0.5) is 4.79 Å². The normalized spacial score (nSPS) is 17.2. The van der Waals surface area contributed by atoms with E-state index in [2.05, 4.69) is 10.6 Å². The highest BCUT2D eigenvalue weighted by Crippen LogP contribution is 2.34. The van der Waals surface area contributed by atoms with Crippen LogP contribution in [0.15, 0.2) is 29.5 Å². The van der Waals surface area contributed by atoms with Gasteiger partial charge in [-0.25, -0.2) is 9.59 Å². The van der Waals surface area contributed by atoms with Crippen molar-refractivity contribution < 1.29 is 23.8 Å². The predicted molar refractivity (Wildman–Crippen MR) is 83.3 cm³/mol. The van der Waals surface area contributed by atoms with Crippen molar-refractivity contribution in [3.63, 3.8) is 0 Å². The van der Waals surface area contributed by atoms with Gasteiger partial charge in [-0.2, -0.15) is 0 Å². The summed E-state index contributed by atoms with van der Waals surface area (Å²) in [5, 5.41) is 5.31. The molecule has 1 aromatic carbocycles. The Bertz CT molecular complexity index is 654. The van der Waals surface area contributed by atoms with E-state index < -0.39 is 12.0 Å². The maximum atomic E-state index is 12.1. The molecule has 0 spiro atoms. The van der Waals surface area contributed by atoms with Crippen LogP contribution in [0.25, 0.3) is 0 Å². The highest BCUT2D eigenvalue weighted by atomic mass is 16.5. The monoisotopic (exact) mass is 320 g/mol. The Kier molecular flexibility index (Phi) is 5.10. The minimum absolute atomic E-state index is 0.347. The van der Waals surface area contributed by atoms with Crippen LogP contribution >= 0.6 is 0 Å². The molecular weight excluding hydrogens is 300 g/mol. The summed E-state index contributed by atoms with van der Waals surface area (Å²) >= 11 is 0. The number of methoxy groups -OCH3 is 2. The second-order valence-corrected chi connectivity index (χ2v) is 4.91. The molecule has 1 heterocycles. The van der Waals surface area contributed by atoms with E-state index in [9.17, 15) is 9.59 Å². The highest BCUT2D eigenvalue weighted by Gasteiger charge is 2.32. The number of nitrogens with one attached hydrogen (secondary N) is 2. The average Bonchev–Trinajstić information content (AvgIpc) is 2.53. The third-order valence-corrected chi connectivity index (χ3v) is 3.50. The molecule has 0 unspecified atom stereocenters. The molecule has 0 saturated carbocycles. The SMILES string of the molecule is CCOc1cc([C@H]2NC(=O)NC(C)=C2C(=O)OC)ccc1OC. The smallest absolute Gasteiger partial charge is 0.337 e. The number of urea groups is 1. The Labute approximate surface area is 134 Å². The zero-order chi connectivity index (χ0) is 17.0. The second-order valence-electron chi connectivity index (χ2n) is 4.91. The number of allylic oxidation sites excluding steroid dienone is 1. The van der Waals surface area contributed by atoms with Crippen LogP contribution in [0, 0.1) is 0 Å². The summed E-state index contributed by atoms with van der Waals surface area (Å²) in [5.41, 5.74) is 1.50. The molecule has 0 aromatic heterocycles. The quantitative estimate of drug-likeness (QED) is 0.809. The number of hydrogen-bond donors (Lipinski definition) is 2. The number of ether oxygens (including phenoxy) is 3. The van der Waals surface area contributed by atoms with E-state index in [0.717, 1.165) is 0 Å². The van der Waals surface area contributed by atoms with E-state index in [1.165, 1.54) is 7.11 Å². The number of carbonyl (C=O) groups excluding carboxylic acids is 2. The van der Waals surface area contributed by atoms with Crippen molar-refractivity contribution in [3.8, 4) is 11.5 Å². The molecule has 7 nitrogen and oxygen atoms in total. The lowest BCUT2D eigenvalue weighted by atomic mass is 9.95. The second kappa shape index (κ2) is 7.04. The van der Waals surface area contributed by atoms with E-state index in [1.54, 1.807) is 32.2 Å². The molecule has 2 amide bonds. The van der Waals surface area contributed by atoms with Gasteiger partial charge in [-0.3, -0.25) is 0 Å². The fourth-order valence-corrected chi connectivity index (χ4v) is 2.47. The van der Waals surface area contributed by atoms with E-state index in [0.29, 0.717) is 34.9 Å². The van der Waals surface area contributed by atoms with Gasteiger partial charge in [0.25, 0.3) is 0 Å². The van der Waals surface area contributed by atoms with E-state index >= 15 is 0 Å². The molecule has 0 bridgehead atoms. The summed E-state index contributed by atoms with van der Waals surface area (Å²) in [5.74, 6) is 0.618. The number of rotatable bonds is 5. The van der Waals surface area contributed by atoms with Crippen LogP contribution in [0.2, 0.25) is 0 Å². The topological polar surface area (TPSA) is 85.9 Å². The maximum Gasteiger partial charge on any atom is 0.337 e. The molecule has 1 aliphatic rings. The Morgan fingerprint density at radius 2 is 2.00 bits per heavy atom. The van der Waals surface area contributed by atoms with E-state index in [-0.39, 0.29) is 6.03 Å². The Morgan fingerprint density at radius 1 is 1.26 bits per heavy atom. The third kappa shape index (κ3) is 3.39. The lowest BCUT2D eigenvalue weighted by Gasteiger charge is -2.28. The van der Waals surface area contributed by atoms with Gasteiger partial charge in [-0.05, 0) is 31.5 Å². The van der Waals surface area contributed by atoms with Gasteiger partial charge < -0.3 is 24.8 Å². The fraction of sp³-hybridized carbons (Fsp3) is 0.375. The summed E-state index contributed by atoms with van der Waals surface area (Å²) in [6.45, 7) is 3.99. The first kappa shape index (κ1) is 16.7. The Hall–Kier alpha value is -2.70. The zero-order valence-electron chi connectivity index (χ0n) is 13.6. The minimum Gasteiger partial charge on any atom is -0.493 e. The van der Waals surface area contributed by atoms with Crippen molar-refractivity contribution in [1.82, 2.24) is 10.6 Å². The lowest BCUT2D eigenvalue weighted by Crippen LogP contribution is -2.45. The van der Waals surface area contributed by atoms with Crippen molar-refractivity contribution in [3.05, 3.63) is 35.0 Å². The predicted octanol–water partition coefficient (Wildman–Crippen LogP) is 1.89. The van der Waals surface area contributed by atoms with Gasteiger partial charge in [0.2, 0.25) is 0 Å². The number of esters is 1. The average molecular weight is 320 g/mol. The van der Waals surface area contributed by atoms with Gasteiger partial charge in [0.1, 0.15) is 0 Å². The number of hydrogen-bond acceptors (Lipinski definition) is 5. The van der Waals surface area contributed by atoms with Crippen molar-refractivity contribution in [2.75, 3.05) is 20.8 Å². The molecule has 2 rings (SSSR count). The van der Waals surface area contributed by atoms with Gasteiger partial charge in [0.15, 0.2) is 11.5 Å². The minimum atomic E-state index is -0.624. The zero-order valence-corrected chi connectivity index (χ0v) is 13.6. The molecule has 0 radical (unpaired) electrons. The number of benzene rings is 1. The van der Waals surface area contributed by atoms with Crippen LogP contribution in [0.1, 0.15) is 25.5 Å². The van der Waals surface area contributed by atoms with Crippen molar-refractivity contribution in [2.45, 2.75) is 19.9 Å². The molecule has 0 saturated heterocycles. The largest absolute Gasteiger partial charge is 0.493 e. The van der Waals surface area contributed by atoms with Crippen LogP contribution in [-0.4, -0.2) is 32.8 Å². The van der Waals surface area contributed by atoms with Crippen LogP contribution in [-0.2, 0) is 9.53 Å². The summed E-state index contributed by atoms with van der Waals surface area (Å²) in [6, 6.07) is 4.25. The molecule has 7 heteroatoms. The molecule has 0 fully saturated rings. The van der Waals surface area contributed by atoms with Gasteiger partial charge in [-0.1, -0.05) is 6.07 Å². The van der Waals surface area contributed by atoms with Crippen LogP contribution in [0.5, 0.6) is 11.5 Å². The summed E-state index contributed by atoms with van der Waals surface area (Å²) in [7, 11) is 2.85. The molecule has 1 aliphatic heterocycles. The number of amides is 2. The summed E-state index contributed by atoms with van der Waals surface area (Å²) in [4.78, 5) is 23.9. The van der Waals surface area contributed by atoms with Gasteiger partial charge in [0, 0.05) is 5.70 Å². The van der Waals surface area contributed by atoms with Crippen LogP contribution in [0.3, 0.4) is 0 Å². The first-order valence-corrected chi connectivity index (χ1v) is 7.19. The molecule has 1 atom stereocenters. The van der Waals surface area contributed by atoms with E-state index in [1.807, 2.05) is 6.92 Å². The molecule has 0 aliphatic carbocycles. The van der Waals surface area contributed by atoms with Crippen molar-refractivity contribution >= 4 is 12.0 Å². The molecule has 23 heavy (non-hydrogen) atoms. The van der Waals surface area contributed by atoms with E-state index in [4.69, 9.17) is 14.2 Å². The lowest BCUT2D eigenvalue weighted by molar-refractivity contribution is -0.136. The van der Waals surface area contributed by atoms with Crippen LogP contribution < -0.4 is 20.1 Å². The fourth-order valence-electron chi connectivity index (χ4n) is 2.47. The Morgan fingerprint density at radius 3 is 2.61 bits per heavy atom. The Balaban J connectivity index is 2.49. The molecule has 1 aromatic rings. The molecule has 2 N–H and O–H groups in total. The van der Waals surface area contributed by atoms with Gasteiger partial charge in [-0.15, -0.1) is 0 Å². The molecular formula is C16H20N2O5. The van der Waals surface area contributed by atoms with Gasteiger partial charge in [0.05, 0.1) is 32.4 Å². The number of carbonyl (C=O) groups is 2.